The molecule has 0 heterocycles. The molecule has 0 radical (unpaired) electrons. The standard InChI is InChI=1S/C15H24N2/c1-10-7-11(2)13(12(3)8-10)14(16)15(5-6-15)9-17-4/h7-8,14,17H,5-6,9,16H2,1-4H3. The Kier molecular flexibility index (Phi) is 3.28. The number of aryl methyl sites for hydroxylation is 3. The van der Waals surface area contributed by atoms with E-state index in [4.69, 9.17) is 5.73 Å². The van der Waals surface area contributed by atoms with E-state index in [1.807, 2.05) is 7.05 Å². The van der Waals surface area contributed by atoms with Gasteiger partial charge in [0.05, 0.1) is 0 Å². The Morgan fingerprint density at radius 3 is 2.18 bits per heavy atom. The highest BCUT2D eigenvalue weighted by Gasteiger charge is 2.48. The molecule has 0 bridgehead atoms. The summed E-state index contributed by atoms with van der Waals surface area (Å²) in [6, 6.07) is 4.67. The minimum Gasteiger partial charge on any atom is -0.323 e. The van der Waals surface area contributed by atoms with Gasteiger partial charge in [0.25, 0.3) is 0 Å². The molecule has 1 saturated carbocycles. The Morgan fingerprint density at radius 1 is 1.24 bits per heavy atom. The van der Waals surface area contributed by atoms with Crippen molar-refractivity contribution in [3.63, 3.8) is 0 Å². The summed E-state index contributed by atoms with van der Waals surface area (Å²) in [6.07, 6.45) is 2.50. The highest BCUT2D eigenvalue weighted by molar-refractivity contribution is 5.41. The second-order valence-corrected chi connectivity index (χ2v) is 5.68. The van der Waals surface area contributed by atoms with Crippen LogP contribution in [0.1, 0.15) is 41.1 Å². The monoisotopic (exact) mass is 232 g/mol. The number of hydrogen-bond donors (Lipinski definition) is 2. The second kappa shape index (κ2) is 4.43. The average Bonchev–Trinajstić information content (AvgIpc) is 2.97. The third kappa shape index (κ3) is 2.24. The van der Waals surface area contributed by atoms with Crippen LogP contribution < -0.4 is 11.1 Å². The Morgan fingerprint density at radius 2 is 1.76 bits per heavy atom. The molecule has 3 N–H and O–H groups in total. The number of nitrogens with two attached hydrogens (primary N) is 1. The summed E-state index contributed by atoms with van der Waals surface area (Å²) >= 11 is 0. The summed E-state index contributed by atoms with van der Waals surface area (Å²) < 4.78 is 0. The van der Waals surface area contributed by atoms with Crippen molar-refractivity contribution in [1.82, 2.24) is 5.32 Å². The molecule has 1 aromatic carbocycles. The molecular formula is C15H24N2. The molecule has 1 atom stereocenters. The van der Waals surface area contributed by atoms with Crippen LogP contribution in [0.5, 0.6) is 0 Å². The van der Waals surface area contributed by atoms with Gasteiger partial charge >= 0.3 is 0 Å². The molecule has 1 unspecified atom stereocenters. The first-order chi connectivity index (χ1) is 8.00. The van der Waals surface area contributed by atoms with Gasteiger partial charge in [0.1, 0.15) is 0 Å². The number of hydrogen-bond acceptors (Lipinski definition) is 2. The SMILES string of the molecule is CNCC1(C(N)c2c(C)cc(C)cc2C)CC1. The van der Waals surface area contributed by atoms with E-state index in [1.165, 1.54) is 35.1 Å². The van der Waals surface area contributed by atoms with E-state index in [0.717, 1.165) is 6.54 Å². The Balaban J connectivity index is 2.34. The van der Waals surface area contributed by atoms with Gasteiger partial charge in [0, 0.05) is 18.0 Å². The van der Waals surface area contributed by atoms with Crippen molar-refractivity contribution in [1.29, 1.82) is 0 Å². The third-order valence-electron chi connectivity index (χ3n) is 4.13. The minimum absolute atomic E-state index is 0.176. The van der Waals surface area contributed by atoms with Crippen molar-refractivity contribution < 1.29 is 0 Å². The molecule has 0 saturated heterocycles. The van der Waals surface area contributed by atoms with Gasteiger partial charge in [-0.15, -0.1) is 0 Å². The fourth-order valence-corrected chi connectivity index (χ4v) is 3.10. The summed E-state index contributed by atoms with van der Waals surface area (Å²) in [5, 5.41) is 3.29. The highest BCUT2D eigenvalue weighted by Crippen LogP contribution is 2.54. The van der Waals surface area contributed by atoms with E-state index in [0.29, 0.717) is 5.41 Å². The van der Waals surface area contributed by atoms with Crippen LogP contribution in [0.3, 0.4) is 0 Å². The first kappa shape index (κ1) is 12.6. The lowest BCUT2D eigenvalue weighted by Crippen LogP contribution is -2.32. The summed E-state index contributed by atoms with van der Waals surface area (Å²) in [7, 11) is 2.02. The average molecular weight is 232 g/mol. The molecule has 2 nitrogen and oxygen atoms in total. The predicted octanol–water partition coefficient (Wildman–Crippen LogP) is 2.61. The zero-order valence-corrected chi connectivity index (χ0v) is 11.4. The molecule has 94 valence electrons. The molecule has 1 fully saturated rings. The Bertz CT molecular complexity index is 396. The summed E-state index contributed by atoms with van der Waals surface area (Å²) in [5.74, 6) is 0. The van der Waals surface area contributed by atoms with Crippen molar-refractivity contribution >= 4 is 0 Å². The Hall–Kier alpha value is -0.860. The van der Waals surface area contributed by atoms with E-state index in [2.05, 4.69) is 38.2 Å². The van der Waals surface area contributed by atoms with Crippen LogP contribution in [-0.4, -0.2) is 13.6 Å². The van der Waals surface area contributed by atoms with Crippen LogP contribution in [-0.2, 0) is 0 Å². The van der Waals surface area contributed by atoms with Crippen LogP contribution in [0.25, 0.3) is 0 Å². The molecule has 2 heteroatoms. The fourth-order valence-electron chi connectivity index (χ4n) is 3.10. The molecule has 0 aliphatic heterocycles. The molecule has 1 aromatic rings. The maximum atomic E-state index is 6.53. The lowest BCUT2D eigenvalue weighted by Gasteiger charge is -2.27. The maximum Gasteiger partial charge on any atom is 0.0369 e. The number of benzene rings is 1. The fraction of sp³-hybridized carbons (Fsp3) is 0.600. The molecule has 17 heavy (non-hydrogen) atoms. The van der Waals surface area contributed by atoms with Gasteiger partial charge < -0.3 is 11.1 Å². The van der Waals surface area contributed by atoms with E-state index in [9.17, 15) is 0 Å². The quantitative estimate of drug-likeness (QED) is 0.837. The first-order valence-corrected chi connectivity index (χ1v) is 6.48. The lowest BCUT2D eigenvalue weighted by molar-refractivity contribution is 0.390. The van der Waals surface area contributed by atoms with Gasteiger partial charge in [0.2, 0.25) is 0 Å². The smallest absolute Gasteiger partial charge is 0.0369 e. The van der Waals surface area contributed by atoms with E-state index in [1.54, 1.807) is 0 Å². The van der Waals surface area contributed by atoms with Crippen LogP contribution >= 0.6 is 0 Å². The Labute approximate surface area is 105 Å². The predicted molar refractivity (Wildman–Crippen MR) is 73.2 cm³/mol. The lowest BCUT2D eigenvalue weighted by atomic mass is 9.85. The maximum absolute atomic E-state index is 6.53. The van der Waals surface area contributed by atoms with Crippen molar-refractivity contribution in [3.8, 4) is 0 Å². The van der Waals surface area contributed by atoms with E-state index < -0.39 is 0 Å². The van der Waals surface area contributed by atoms with Crippen LogP contribution in [0.2, 0.25) is 0 Å². The van der Waals surface area contributed by atoms with Gasteiger partial charge in [-0.25, -0.2) is 0 Å². The van der Waals surface area contributed by atoms with Crippen LogP contribution in [0.15, 0.2) is 12.1 Å². The molecule has 2 rings (SSSR count). The molecule has 0 aromatic heterocycles. The highest BCUT2D eigenvalue weighted by atomic mass is 14.9. The summed E-state index contributed by atoms with van der Waals surface area (Å²) in [6.45, 7) is 7.55. The molecule has 1 aliphatic carbocycles. The first-order valence-electron chi connectivity index (χ1n) is 6.48. The molecule has 0 amide bonds. The van der Waals surface area contributed by atoms with E-state index in [-0.39, 0.29) is 6.04 Å². The third-order valence-corrected chi connectivity index (χ3v) is 4.13. The van der Waals surface area contributed by atoms with Gasteiger partial charge in [-0.2, -0.15) is 0 Å². The molecular weight excluding hydrogens is 208 g/mol. The summed E-state index contributed by atoms with van der Waals surface area (Å²) in [5.41, 5.74) is 12.2. The van der Waals surface area contributed by atoms with Crippen molar-refractivity contribution in [2.24, 2.45) is 11.1 Å². The molecule has 0 spiro atoms. The number of nitrogens with one attached hydrogen (secondary N) is 1. The van der Waals surface area contributed by atoms with Crippen molar-refractivity contribution in [2.75, 3.05) is 13.6 Å². The largest absolute Gasteiger partial charge is 0.323 e. The number of rotatable bonds is 4. The zero-order valence-electron chi connectivity index (χ0n) is 11.4. The topological polar surface area (TPSA) is 38.0 Å². The van der Waals surface area contributed by atoms with Crippen molar-refractivity contribution in [2.45, 2.75) is 39.7 Å². The normalized spacial score (nSPS) is 19.1. The minimum atomic E-state index is 0.176. The van der Waals surface area contributed by atoms with Crippen molar-refractivity contribution in [3.05, 3.63) is 34.4 Å². The zero-order chi connectivity index (χ0) is 12.6. The molecule has 1 aliphatic rings. The van der Waals surface area contributed by atoms with Gasteiger partial charge in [-0.05, 0) is 57.4 Å². The second-order valence-electron chi connectivity index (χ2n) is 5.68. The van der Waals surface area contributed by atoms with E-state index >= 15 is 0 Å². The van der Waals surface area contributed by atoms with Gasteiger partial charge in [-0.1, -0.05) is 17.7 Å². The van der Waals surface area contributed by atoms with Crippen LogP contribution in [0.4, 0.5) is 0 Å². The van der Waals surface area contributed by atoms with Gasteiger partial charge in [-0.3, -0.25) is 0 Å². The van der Waals surface area contributed by atoms with Crippen LogP contribution in [0, 0.1) is 26.2 Å². The van der Waals surface area contributed by atoms with Gasteiger partial charge in [0.15, 0.2) is 0 Å². The summed E-state index contributed by atoms with van der Waals surface area (Å²) in [4.78, 5) is 0.